The first-order valence-electron chi connectivity index (χ1n) is 7.81. The Bertz CT molecular complexity index is 1380. The topological polar surface area (TPSA) is 25.8 Å². The molecule has 3 aromatic heterocycles. The number of benzene rings is 3. The smallest absolute Gasteiger partial charge is 0.235 e. The van der Waals surface area contributed by atoms with E-state index in [2.05, 4.69) is 9.97 Å². The summed E-state index contributed by atoms with van der Waals surface area (Å²) in [4.78, 5) is 8.96. The van der Waals surface area contributed by atoms with Crippen LogP contribution in [-0.4, -0.2) is 9.97 Å². The predicted molar refractivity (Wildman–Crippen MR) is 102 cm³/mol. The highest BCUT2D eigenvalue weighted by molar-refractivity contribution is 7.19. The minimum Gasteiger partial charge on any atom is -0.235 e. The van der Waals surface area contributed by atoms with Crippen LogP contribution in [0.1, 0.15) is 5.56 Å². The van der Waals surface area contributed by atoms with Gasteiger partial charge in [-0.2, -0.15) is 13.2 Å². The van der Waals surface area contributed by atoms with E-state index >= 15 is 0 Å². The summed E-state index contributed by atoms with van der Waals surface area (Å²) in [5, 5.41) is 8.34. The van der Waals surface area contributed by atoms with Crippen LogP contribution in [0.3, 0.4) is 0 Å². The van der Waals surface area contributed by atoms with Crippen molar-refractivity contribution in [2.45, 2.75) is 6.18 Å². The van der Waals surface area contributed by atoms with Crippen molar-refractivity contribution in [3.63, 3.8) is 0 Å². The number of hydrogen-bond acceptors (Lipinski definition) is 4. The molecule has 0 aliphatic rings. The van der Waals surface area contributed by atoms with Gasteiger partial charge in [-0.05, 0) is 45.8 Å². The number of fused-ring (bicyclic) bond motifs is 6. The fraction of sp³-hybridized carbons (Fsp3) is 0.0526. The maximum Gasteiger partial charge on any atom is 0.416 e. The van der Waals surface area contributed by atoms with Crippen molar-refractivity contribution in [3.05, 3.63) is 46.9 Å². The van der Waals surface area contributed by atoms with Gasteiger partial charge < -0.3 is 0 Å². The number of aromatic nitrogens is 2. The predicted octanol–water partition coefficient (Wildman–Crippen LogP) is 6.82. The van der Waals surface area contributed by atoms with E-state index in [0.717, 1.165) is 42.0 Å². The molecule has 6 aromatic rings. The van der Waals surface area contributed by atoms with Crippen LogP contribution in [0.25, 0.3) is 52.8 Å². The molecule has 0 saturated heterocycles. The molecule has 0 unspecified atom stereocenters. The first-order chi connectivity index (χ1) is 12.5. The second kappa shape index (κ2) is 4.61. The SMILES string of the molecule is FC(F)(F)c1cc2c3ccsc3c3ncnc4c5sccc5c(c1)c2c34. The molecule has 0 saturated carbocycles. The highest BCUT2D eigenvalue weighted by Crippen LogP contribution is 2.47. The van der Waals surface area contributed by atoms with Crippen LogP contribution in [0.15, 0.2) is 41.4 Å². The van der Waals surface area contributed by atoms with Gasteiger partial charge in [0, 0.05) is 21.5 Å². The lowest BCUT2D eigenvalue weighted by Crippen LogP contribution is -2.05. The number of thiophene rings is 2. The summed E-state index contributed by atoms with van der Waals surface area (Å²) in [6, 6.07) is 6.29. The molecule has 2 nitrogen and oxygen atoms in total. The number of alkyl halides is 3. The van der Waals surface area contributed by atoms with Gasteiger partial charge in [-0.15, -0.1) is 22.7 Å². The van der Waals surface area contributed by atoms with Gasteiger partial charge in [-0.1, -0.05) is 0 Å². The Morgan fingerprint density at radius 2 is 1.27 bits per heavy atom. The summed E-state index contributed by atoms with van der Waals surface area (Å²) < 4.78 is 42.5. The van der Waals surface area contributed by atoms with E-state index in [1.165, 1.54) is 34.8 Å². The Morgan fingerprint density at radius 1 is 0.731 bits per heavy atom. The molecule has 0 spiro atoms. The van der Waals surface area contributed by atoms with Crippen molar-refractivity contribution in [1.82, 2.24) is 9.97 Å². The molecular formula is C19H7F3N2S2. The lowest BCUT2D eigenvalue weighted by Gasteiger charge is -2.15. The molecule has 0 bridgehead atoms. The Balaban J connectivity index is 2.07. The van der Waals surface area contributed by atoms with Crippen LogP contribution in [0.4, 0.5) is 13.2 Å². The quantitative estimate of drug-likeness (QED) is 0.269. The van der Waals surface area contributed by atoms with Gasteiger partial charge in [0.2, 0.25) is 0 Å². The van der Waals surface area contributed by atoms with Gasteiger partial charge in [-0.25, -0.2) is 9.97 Å². The minimum atomic E-state index is -4.40. The summed E-state index contributed by atoms with van der Waals surface area (Å²) in [5.74, 6) is 0. The van der Waals surface area contributed by atoms with Gasteiger partial charge in [0.05, 0.1) is 26.0 Å². The van der Waals surface area contributed by atoms with E-state index in [0.29, 0.717) is 10.8 Å². The summed E-state index contributed by atoms with van der Waals surface area (Å²) in [6.07, 6.45) is -2.85. The molecule has 0 aliphatic heterocycles. The highest BCUT2D eigenvalue weighted by atomic mass is 32.1. The zero-order chi connectivity index (χ0) is 17.6. The first kappa shape index (κ1) is 14.6. The first-order valence-corrected chi connectivity index (χ1v) is 9.57. The highest BCUT2D eigenvalue weighted by Gasteiger charge is 2.32. The molecule has 0 N–H and O–H groups in total. The van der Waals surface area contributed by atoms with E-state index in [1.54, 1.807) is 6.33 Å². The van der Waals surface area contributed by atoms with Crippen LogP contribution >= 0.6 is 22.7 Å². The van der Waals surface area contributed by atoms with Crippen molar-refractivity contribution in [2.24, 2.45) is 0 Å². The molecule has 3 aromatic carbocycles. The van der Waals surface area contributed by atoms with E-state index in [9.17, 15) is 13.2 Å². The number of rotatable bonds is 0. The van der Waals surface area contributed by atoms with Gasteiger partial charge in [-0.3, -0.25) is 0 Å². The Labute approximate surface area is 151 Å². The molecule has 0 amide bonds. The third-order valence-corrected chi connectivity index (χ3v) is 6.75. The van der Waals surface area contributed by atoms with Crippen LogP contribution in [0.2, 0.25) is 0 Å². The molecule has 0 atom stereocenters. The molecule has 26 heavy (non-hydrogen) atoms. The lowest BCUT2D eigenvalue weighted by molar-refractivity contribution is -0.137. The van der Waals surface area contributed by atoms with E-state index < -0.39 is 11.7 Å². The molecule has 3 heterocycles. The third-order valence-electron chi connectivity index (χ3n) is 4.90. The van der Waals surface area contributed by atoms with Gasteiger partial charge in [0.15, 0.2) is 0 Å². The molecule has 0 fully saturated rings. The maximum atomic E-state index is 13.6. The van der Waals surface area contributed by atoms with E-state index in [4.69, 9.17) is 0 Å². The van der Waals surface area contributed by atoms with Crippen molar-refractivity contribution in [1.29, 1.82) is 0 Å². The summed E-state index contributed by atoms with van der Waals surface area (Å²) in [6.45, 7) is 0. The zero-order valence-electron chi connectivity index (χ0n) is 12.9. The summed E-state index contributed by atoms with van der Waals surface area (Å²) in [5.41, 5.74) is 1.00. The summed E-state index contributed by atoms with van der Waals surface area (Å²) in [7, 11) is 0. The number of hydrogen-bond donors (Lipinski definition) is 0. The average Bonchev–Trinajstić information content (AvgIpc) is 3.29. The monoisotopic (exact) mass is 384 g/mol. The van der Waals surface area contributed by atoms with Crippen LogP contribution in [0, 0.1) is 0 Å². The fourth-order valence-electron chi connectivity index (χ4n) is 3.88. The third kappa shape index (κ3) is 1.67. The van der Waals surface area contributed by atoms with Gasteiger partial charge in [0.1, 0.15) is 6.33 Å². The molecule has 7 heteroatoms. The maximum absolute atomic E-state index is 13.6. The van der Waals surface area contributed by atoms with Crippen molar-refractivity contribution in [3.8, 4) is 0 Å². The second-order valence-corrected chi connectivity index (χ2v) is 8.05. The van der Waals surface area contributed by atoms with Crippen LogP contribution in [-0.2, 0) is 6.18 Å². The molecular weight excluding hydrogens is 377 g/mol. The van der Waals surface area contributed by atoms with Gasteiger partial charge >= 0.3 is 6.18 Å². The van der Waals surface area contributed by atoms with Gasteiger partial charge in [0.25, 0.3) is 0 Å². The van der Waals surface area contributed by atoms with Crippen molar-refractivity contribution < 1.29 is 13.2 Å². The standard InChI is InChI=1S/C19H7F3N2S2/c20-19(21,22)8-5-11-9-1-3-25-17(9)15-14-13(11)12(6-8)10-2-4-26-18(10)16(14)24-7-23-15/h1-7H. The second-order valence-electron chi connectivity index (χ2n) is 6.22. The van der Waals surface area contributed by atoms with Crippen molar-refractivity contribution in [2.75, 3.05) is 0 Å². The Hall–Kier alpha value is -2.51. The van der Waals surface area contributed by atoms with Crippen molar-refractivity contribution >= 4 is 75.4 Å². The number of nitrogens with zero attached hydrogens (tertiary/aromatic N) is 2. The molecule has 0 radical (unpaired) electrons. The normalized spacial score (nSPS) is 13.2. The Morgan fingerprint density at radius 3 is 1.77 bits per heavy atom. The average molecular weight is 384 g/mol. The largest absolute Gasteiger partial charge is 0.416 e. The van der Waals surface area contributed by atoms with Crippen LogP contribution < -0.4 is 0 Å². The minimum absolute atomic E-state index is 0.617. The van der Waals surface area contributed by atoms with E-state index in [1.807, 2.05) is 22.9 Å². The van der Waals surface area contributed by atoms with E-state index in [-0.39, 0.29) is 0 Å². The van der Waals surface area contributed by atoms with Crippen LogP contribution in [0.5, 0.6) is 0 Å². The zero-order valence-corrected chi connectivity index (χ0v) is 14.5. The molecule has 126 valence electrons. The molecule has 6 rings (SSSR count). The number of halogens is 3. The Kier molecular flexibility index (Phi) is 2.59. The fourth-order valence-corrected chi connectivity index (χ4v) is 5.70. The lowest BCUT2D eigenvalue weighted by atomic mass is 9.92. The summed E-state index contributed by atoms with van der Waals surface area (Å²) >= 11 is 3.00. The molecule has 0 aliphatic carbocycles.